The third-order valence-corrected chi connectivity index (χ3v) is 3.63. The summed E-state index contributed by atoms with van der Waals surface area (Å²) < 4.78 is 50.2. The number of nitrogens with zero attached hydrogens (tertiary/aromatic N) is 1. The van der Waals surface area contributed by atoms with Crippen LogP contribution in [-0.2, 0) is 10.0 Å². The van der Waals surface area contributed by atoms with Gasteiger partial charge in [-0.1, -0.05) is 0 Å². The molecule has 4 nitrogen and oxygen atoms in total. The van der Waals surface area contributed by atoms with Crippen molar-refractivity contribution in [2.75, 3.05) is 19.8 Å². The van der Waals surface area contributed by atoms with Crippen LogP contribution in [0.15, 0.2) is 17.0 Å². The Morgan fingerprint density at radius 3 is 1.93 bits per heavy atom. The number of benzene rings is 1. The van der Waals surface area contributed by atoms with Gasteiger partial charge >= 0.3 is 0 Å². The van der Waals surface area contributed by atoms with Gasteiger partial charge in [-0.3, -0.25) is 0 Å². The van der Waals surface area contributed by atoms with Crippen LogP contribution < -0.4 is 5.73 Å². The molecule has 1 rings (SSSR count). The second-order valence-electron chi connectivity index (χ2n) is 3.10. The second kappa shape index (κ2) is 3.74. The van der Waals surface area contributed by atoms with Gasteiger partial charge < -0.3 is 5.73 Å². The fourth-order valence-corrected chi connectivity index (χ4v) is 1.98. The minimum Gasteiger partial charge on any atom is -0.399 e. The molecule has 0 radical (unpaired) electrons. The van der Waals surface area contributed by atoms with Crippen molar-refractivity contribution in [3.63, 3.8) is 0 Å². The molecule has 0 saturated carbocycles. The van der Waals surface area contributed by atoms with Crippen molar-refractivity contribution in [1.82, 2.24) is 4.31 Å². The first-order valence-corrected chi connectivity index (χ1v) is 5.38. The highest BCUT2D eigenvalue weighted by Gasteiger charge is 2.26. The summed E-state index contributed by atoms with van der Waals surface area (Å²) in [6, 6.07) is 1.53. The molecular formula is C8H10F2N2O2S. The fourth-order valence-electron chi connectivity index (χ4n) is 1.01. The van der Waals surface area contributed by atoms with E-state index in [0.717, 1.165) is 16.4 Å². The summed E-state index contributed by atoms with van der Waals surface area (Å²) in [4.78, 5) is -0.985. The Bertz CT molecular complexity index is 462. The van der Waals surface area contributed by atoms with Crippen LogP contribution in [0.25, 0.3) is 0 Å². The van der Waals surface area contributed by atoms with Crippen molar-refractivity contribution in [2.24, 2.45) is 0 Å². The van der Waals surface area contributed by atoms with Gasteiger partial charge in [-0.05, 0) is 12.1 Å². The van der Waals surface area contributed by atoms with E-state index < -0.39 is 26.6 Å². The Hall–Kier alpha value is -1.21. The van der Waals surface area contributed by atoms with Gasteiger partial charge in [0.1, 0.15) is 11.6 Å². The van der Waals surface area contributed by atoms with E-state index in [4.69, 9.17) is 5.73 Å². The minimum atomic E-state index is -4.13. The Kier molecular flexibility index (Phi) is 2.96. The molecule has 0 atom stereocenters. The highest BCUT2D eigenvalue weighted by molar-refractivity contribution is 7.89. The highest BCUT2D eigenvalue weighted by Crippen LogP contribution is 2.23. The van der Waals surface area contributed by atoms with Gasteiger partial charge in [-0.2, -0.15) is 0 Å². The molecule has 0 saturated heterocycles. The van der Waals surface area contributed by atoms with Crippen molar-refractivity contribution in [1.29, 1.82) is 0 Å². The number of hydrogen-bond donors (Lipinski definition) is 1. The van der Waals surface area contributed by atoms with E-state index in [2.05, 4.69) is 0 Å². The van der Waals surface area contributed by atoms with Gasteiger partial charge in [-0.15, -0.1) is 0 Å². The number of hydrogen-bond acceptors (Lipinski definition) is 3. The lowest BCUT2D eigenvalue weighted by Crippen LogP contribution is -2.24. The van der Waals surface area contributed by atoms with Crippen LogP contribution in [0, 0.1) is 11.6 Å². The fraction of sp³-hybridized carbons (Fsp3) is 0.250. The Morgan fingerprint density at radius 1 is 1.20 bits per heavy atom. The van der Waals surface area contributed by atoms with E-state index in [0.29, 0.717) is 0 Å². The van der Waals surface area contributed by atoms with Crippen LogP contribution in [0.3, 0.4) is 0 Å². The lowest BCUT2D eigenvalue weighted by atomic mass is 10.3. The van der Waals surface area contributed by atoms with Crippen molar-refractivity contribution >= 4 is 15.7 Å². The van der Waals surface area contributed by atoms with Crippen LogP contribution in [0.1, 0.15) is 0 Å². The summed E-state index contributed by atoms with van der Waals surface area (Å²) in [7, 11) is -1.76. The van der Waals surface area contributed by atoms with Crippen molar-refractivity contribution in [3.8, 4) is 0 Å². The van der Waals surface area contributed by atoms with Gasteiger partial charge in [0, 0.05) is 19.8 Å². The second-order valence-corrected chi connectivity index (χ2v) is 5.19. The van der Waals surface area contributed by atoms with E-state index in [-0.39, 0.29) is 5.69 Å². The maximum absolute atomic E-state index is 13.2. The monoisotopic (exact) mass is 236 g/mol. The number of halogens is 2. The first-order chi connectivity index (χ1) is 6.76. The summed E-state index contributed by atoms with van der Waals surface area (Å²) in [5.41, 5.74) is 5.00. The summed E-state index contributed by atoms with van der Waals surface area (Å²) in [6.45, 7) is 0. The van der Waals surface area contributed by atoms with Gasteiger partial charge in [0.25, 0.3) is 0 Å². The molecule has 0 unspecified atom stereocenters. The molecule has 15 heavy (non-hydrogen) atoms. The van der Waals surface area contributed by atoms with E-state index in [9.17, 15) is 17.2 Å². The zero-order valence-corrected chi connectivity index (χ0v) is 8.98. The topological polar surface area (TPSA) is 63.4 Å². The molecule has 0 aliphatic carbocycles. The highest BCUT2D eigenvalue weighted by atomic mass is 32.2. The molecular weight excluding hydrogens is 226 g/mol. The number of nitrogens with two attached hydrogens (primary N) is 1. The molecule has 0 aromatic heterocycles. The van der Waals surface area contributed by atoms with Gasteiger partial charge in [-0.25, -0.2) is 21.5 Å². The third kappa shape index (κ3) is 2.07. The predicted molar refractivity (Wildman–Crippen MR) is 51.6 cm³/mol. The maximum atomic E-state index is 13.2. The summed E-state index contributed by atoms with van der Waals surface area (Å²) in [6.07, 6.45) is 0. The van der Waals surface area contributed by atoms with Crippen molar-refractivity contribution in [2.45, 2.75) is 4.90 Å². The van der Waals surface area contributed by atoms with Crippen molar-refractivity contribution < 1.29 is 17.2 Å². The zero-order chi connectivity index (χ0) is 11.8. The lowest BCUT2D eigenvalue weighted by molar-refractivity contribution is 0.484. The molecule has 1 aromatic carbocycles. The van der Waals surface area contributed by atoms with Gasteiger partial charge in [0.2, 0.25) is 10.0 Å². The largest absolute Gasteiger partial charge is 0.399 e. The number of anilines is 1. The summed E-state index contributed by atoms with van der Waals surface area (Å²) in [5, 5.41) is 0. The Balaban J connectivity index is 3.52. The molecule has 1 aromatic rings. The normalized spacial score (nSPS) is 12.1. The molecule has 0 aliphatic rings. The van der Waals surface area contributed by atoms with Crippen LogP contribution in [-0.4, -0.2) is 26.8 Å². The van der Waals surface area contributed by atoms with Crippen LogP contribution in [0.5, 0.6) is 0 Å². The SMILES string of the molecule is CN(C)S(=O)(=O)c1c(F)cc(N)cc1F. The van der Waals surface area contributed by atoms with E-state index in [1.165, 1.54) is 14.1 Å². The third-order valence-electron chi connectivity index (χ3n) is 1.76. The molecule has 0 spiro atoms. The Labute approximate surface area is 86.4 Å². The number of rotatable bonds is 2. The lowest BCUT2D eigenvalue weighted by Gasteiger charge is -2.12. The molecule has 0 amide bonds. The average molecular weight is 236 g/mol. The Morgan fingerprint density at radius 2 is 1.60 bits per heavy atom. The first-order valence-electron chi connectivity index (χ1n) is 3.94. The molecule has 7 heteroatoms. The molecule has 84 valence electrons. The first kappa shape index (κ1) is 11.9. The van der Waals surface area contributed by atoms with Crippen LogP contribution >= 0.6 is 0 Å². The number of sulfonamides is 1. The summed E-state index contributed by atoms with van der Waals surface area (Å²) in [5.74, 6) is -2.39. The molecule has 2 N–H and O–H groups in total. The van der Waals surface area contributed by atoms with E-state index in [1.54, 1.807) is 0 Å². The number of nitrogen functional groups attached to an aromatic ring is 1. The van der Waals surface area contributed by atoms with Crippen molar-refractivity contribution in [3.05, 3.63) is 23.8 Å². The molecule has 0 bridgehead atoms. The van der Waals surface area contributed by atoms with E-state index >= 15 is 0 Å². The van der Waals surface area contributed by atoms with Gasteiger partial charge in [0.05, 0.1) is 0 Å². The quantitative estimate of drug-likeness (QED) is 0.772. The molecule has 0 fully saturated rings. The maximum Gasteiger partial charge on any atom is 0.248 e. The molecule has 0 heterocycles. The average Bonchev–Trinajstić information content (AvgIpc) is 2.00. The molecule has 0 aliphatic heterocycles. The van der Waals surface area contributed by atoms with Crippen LogP contribution in [0.4, 0.5) is 14.5 Å². The van der Waals surface area contributed by atoms with Crippen LogP contribution in [0.2, 0.25) is 0 Å². The zero-order valence-electron chi connectivity index (χ0n) is 8.16. The predicted octanol–water partition coefficient (Wildman–Crippen LogP) is 0.797. The van der Waals surface area contributed by atoms with E-state index in [1.807, 2.05) is 0 Å². The summed E-state index contributed by atoms with van der Waals surface area (Å²) >= 11 is 0. The smallest absolute Gasteiger partial charge is 0.248 e. The minimum absolute atomic E-state index is 0.164. The standard InChI is InChI=1S/C8H10F2N2O2S/c1-12(2)15(13,14)8-6(9)3-5(11)4-7(8)10/h3-4H,11H2,1-2H3. The van der Waals surface area contributed by atoms with Gasteiger partial charge in [0.15, 0.2) is 4.90 Å².